The number of nitrogens with one attached hydrogen (secondary N) is 2. The SMILES string of the molecule is CC(C)NC(=O)c1cc(C(=O)Nc2ccc(N3CCCCC3)cc2)ccn1. The Kier molecular flexibility index (Phi) is 6.06. The number of rotatable bonds is 5. The average Bonchev–Trinajstić information content (AvgIpc) is 2.69. The maximum atomic E-state index is 12.5. The first kappa shape index (κ1) is 18.9. The number of aromatic nitrogens is 1. The normalized spacial score (nSPS) is 14.1. The van der Waals surface area contributed by atoms with Crippen molar-refractivity contribution in [1.29, 1.82) is 0 Å². The van der Waals surface area contributed by atoms with Crippen LogP contribution in [0.4, 0.5) is 11.4 Å². The zero-order chi connectivity index (χ0) is 19.2. The van der Waals surface area contributed by atoms with Crippen molar-refractivity contribution in [3.63, 3.8) is 0 Å². The fraction of sp³-hybridized carbons (Fsp3) is 0.381. The van der Waals surface area contributed by atoms with Gasteiger partial charge < -0.3 is 15.5 Å². The second kappa shape index (κ2) is 8.66. The number of piperidine rings is 1. The number of carbonyl (C=O) groups excluding carboxylic acids is 2. The van der Waals surface area contributed by atoms with E-state index in [1.165, 1.54) is 37.2 Å². The predicted octanol–water partition coefficient (Wildman–Crippen LogP) is 3.46. The summed E-state index contributed by atoms with van der Waals surface area (Å²) in [5.74, 6) is -0.549. The third-order valence-electron chi connectivity index (χ3n) is 4.52. The van der Waals surface area contributed by atoms with Crippen LogP contribution < -0.4 is 15.5 Å². The number of carbonyl (C=O) groups is 2. The number of anilines is 2. The summed E-state index contributed by atoms with van der Waals surface area (Å²) in [5.41, 5.74) is 2.55. The molecule has 142 valence electrons. The van der Waals surface area contributed by atoms with Crippen LogP contribution in [-0.4, -0.2) is 35.9 Å². The van der Waals surface area contributed by atoms with Crippen LogP contribution in [0.15, 0.2) is 42.6 Å². The minimum absolute atomic E-state index is 0.00945. The van der Waals surface area contributed by atoms with Crippen molar-refractivity contribution >= 4 is 23.2 Å². The molecule has 27 heavy (non-hydrogen) atoms. The molecule has 0 unspecified atom stereocenters. The highest BCUT2D eigenvalue weighted by molar-refractivity contribution is 6.05. The summed E-state index contributed by atoms with van der Waals surface area (Å²) in [6, 6.07) is 11.0. The van der Waals surface area contributed by atoms with Crippen molar-refractivity contribution in [2.45, 2.75) is 39.2 Å². The van der Waals surface area contributed by atoms with Crippen LogP contribution in [0, 0.1) is 0 Å². The van der Waals surface area contributed by atoms with Gasteiger partial charge in [0.1, 0.15) is 5.69 Å². The highest BCUT2D eigenvalue weighted by atomic mass is 16.2. The molecule has 2 heterocycles. The lowest BCUT2D eigenvalue weighted by atomic mass is 10.1. The molecule has 0 saturated carbocycles. The summed E-state index contributed by atoms with van der Waals surface area (Å²) in [6.07, 6.45) is 5.23. The summed E-state index contributed by atoms with van der Waals surface area (Å²) in [5, 5.41) is 5.65. The molecule has 1 fully saturated rings. The largest absolute Gasteiger partial charge is 0.372 e. The zero-order valence-corrected chi connectivity index (χ0v) is 15.9. The molecule has 0 aliphatic carbocycles. The smallest absolute Gasteiger partial charge is 0.270 e. The summed E-state index contributed by atoms with van der Waals surface area (Å²) >= 11 is 0. The van der Waals surface area contributed by atoms with Gasteiger partial charge in [-0.2, -0.15) is 0 Å². The van der Waals surface area contributed by atoms with E-state index in [2.05, 4.69) is 20.5 Å². The molecule has 0 bridgehead atoms. The molecule has 6 heteroatoms. The van der Waals surface area contributed by atoms with Crippen molar-refractivity contribution in [1.82, 2.24) is 10.3 Å². The quantitative estimate of drug-likeness (QED) is 0.850. The molecule has 1 aromatic heterocycles. The Bertz CT molecular complexity index is 796. The zero-order valence-electron chi connectivity index (χ0n) is 15.9. The van der Waals surface area contributed by atoms with E-state index in [0.29, 0.717) is 5.56 Å². The van der Waals surface area contributed by atoms with Crippen molar-refractivity contribution < 1.29 is 9.59 Å². The van der Waals surface area contributed by atoms with Gasteiger partial charge in [0.15, 0.2) is 0 Å². The van der Waals surface area contributed by atoms with E-state index in [0.717, 1.165) is 18.8 Å². The van der Waals surface area contributed by atoms with Gasteiger partial charge in [-0.3, -0.25) is 14.6 Å². The van der Waals surface area contributed by atoms with Crippen molar-refractivity contribution in [3.05, 3.63) is 53.9 Å². The Morgan fingerprint density at radius 2 is 1.70 bits per heavy atom. The molecule has 1 aromatic carbocycles. The standard InChI is InChI=1S/C21H26N4O2/c1-15(2)23-21(27)19-14-16(10-11-22-19)20(26)24-17-6-8-18(9-7-17)25-12-4-3-5-13-25/h6-11,14-15H,3-5,12-13H2,1-2H3,(H,23,27)(H,24,26). The summed E-state index contributed by atoms with van der Waals surface area (Å²) < 4.78 is 0. The topological polar surface area (TPSA) is 74.3 Å². The molecule has 2 amide bonds. The Morgan fingerprint density at radius 3 is 2.37 bits per heavy atom. The Labute approximate surface area is 160 Å². The highest BCUT2D eigenvalue weighted by Crippen LogP contribution is 2.22. The van der Waals surface area contributed by atoms with Crippen LogP contribution in [-0.2, 0) is 0 Å². The number of benzene rings is 1. The maximum Gasteiger partial charge on any atom is 0.270 e. The molecule has 0 atom stereocenters. The van der Waals surface area contributed by atoms with E-state index in [-0.39, 0.29) is 23.6 Å². The van der Waals surface area contributed by atoms with Gasteiger partial charge in [0.2, 0.25) is 0 Å². The Morgan fingerprint density at radius 1 is 1.00 bits per heavy atom. The summed E-state index contributed by atoms with van der Waals surface area (Å²) in [7, 11) is 0. The molecule has 2 aromatic rings. The van der Waals surface area contributed by atoms with Gasteiger partial charge in [-0.1, -0.05) is 0 Å². The third kappa shape index (κ3) is 5.06. The van der Waals surface area contributed by atoms with Gasteiger partial charge in [0.25, 0.3) is 11.8 Å². The molecular weight excluding hydrogens is 340 g/mol. The second-order valence-electron chi connectivity index (χ2n) is 7.11. The first-order chi connectivity index (χ1) is 13.0. The van der Waals surface area contributed by atoms with Crippen molar-refractivity contribution in [2.75, 3.05) is 23.3 Å². The molecule has 1 aliphatic heterocycles. The van der Waals surface area contributed by atoms with Crippen LogP contribution in [0.1, 0.15) is 54.0 Å². The second-order valence-corrected chi connectivity index (χ2v) is 7.11. The van der Waals surface area contributed by atoms with Crippen LogP contribution in [0.3, 0.4) is 0 Å². The molecular formula is C21H26N4O2. The molecule has 6 nitrogen and oxygen atoms in total. The highest BCUT2D eigenvalue weighted by Gasteiger charge is 2.14. The minimum atomic E-state index is -0.287. The summed E-state index contributed by atoms with van der Waals surface area (Å²) in [4.78, 5) is 31.0. The van der Waals surface area contributed by atoms with Gasteiger partial charge in [0, 0.05) is 42.3 Å². The third-order valence-corrected chi connectivity index (χ3v) is 4.52. The Hall–Kier alpha value is -2.89. The van der Waals surface area contributed by atoms with Crippen LogP contribution >= 0.6 is 0 Å². The Balaban J connectivity index is 1.65. The number of hydrogen-bond donors (Lipinski definition) is 2. The van der Waals surface area contributed by atoms with E-state index >= 15 is 0 Å². The van der Waals surface area contributed by atoms with Gasteiger partial charge in [0.05, 0.1) is 0 Å². The fourth-order valence-electron chi connectivity index (χ4n) is 3.14. The van der Waals surface area contributed by atoms with E-state index in [4.69, 9.17) is 0 Å². The van der Waals surface area contributed by atoms with Gasteiger partial charge in [-0.25, -0.2) is 0 Å². The average molecular weight is 366 g/mol. The van der Waals surface area contributed by atoms with Crippen LogP contribution in [0.25, 0.3) is 0 Å². The van der Waals surface area contributed by atoms with E-state index in [9.17, 15) is 9.59 Å². The van der Waals surface area contributed by atoms with Gasteiger partial charge in [-0.15, -0.1) is 0 Å². The summed E-state index contributed by atoms with van der Waals surface area (Å²) in [6.45, 7) is 5.93. The number of amides is 2. The number of nitrogens with zero attached hydrogens (tertiary/aromatic N) is 2. The van der Waals surface area contributed by atoms with Gasteiger partial charge >= 0.3 is 0 Å². The van der Waals surface area contributed by atoms with E-state index in [1.54, 1.807) is 6.07 Å². The molecule has 0 radical (unpaired) electrons. The van der Waals surface area contributed by atoms with Crippen molar-refractivity contribution in [3.8, 4) is 0 Å². The number of pyridine rings is 1. The molecule has 1 aliphatic rings. The van der Waals surface area contributed by atoms with E-state index in [1.807, 2.05) is 38.1 Å². The van der Waals surface area contributed by atoms with Gasteiger partial charge in [-0.05, 0) is 69.5 Å². The molecule has 1 saturated heterocycles. The number of hydrogen-bond acceptors (Lipinski definition) is 4. The predicted molar refractivity (Wildman–Crippen MR) is 107 cm³/mol. The molecule has 2 N–H and O–H groups in total. The molecule has 0 spiro atoms. The lowest BCUT2D eigenvalue weighted by Crippen LogP contribution is -2.31. The van der Waals surface area contributed by atoms with Crippen molar-refractivity contribution in [2.24, 2.45) is 0 Å². The lowest BCUT2D eigenvalue weighted by Gasteiger charge is -2.28. The lowest BCUT2D eigenvalue weighted by molar-refractivity contribution is 0.0938. The maximum absolute atomic E-state index is 12.5. The fourth-order valence-corrected chi connectivity index (χ4v) is 3.14. The minimum Gasteiger partial charge on any atom is -0.372 e. The molecule has 3 rings (SSSR count). The van der Waals surface area contributed by atoms with Crippen LogP contribution in [0.5, 0.6) is 0 Å². The van der Waals surface area contributed by atoms with Crippen LogP contribution in [0.2, 0.25) is 0 Å². The first-order valence-electron chi connectivity index (χ1n) is 9.46. The first-order valence-corrected chi connectivity index (χ1v) is 9.46. The van der Waals surface area contributed by atoms with E-state index < -0.39 is 0 Å². The monoisotopic (exact) mass is 366 g/mol.